The molecule has 0 aliphatic heterocycles. The number of thiophene rings is 1. The smallest absolute Gasteiger partial charge is 0.346 e. The molecule has 21 heavy (non-hydrogen) atoms. The van der Waals surface area contributed by atoms with Crippen LogP contribution in [-0.4, -0.2) is 24.5 Å². The highest BCUT2D eigenvalue weighted by atomic mass is 35.5. The normalized spacial score (nSPS) is 11.4. The summed E-state index contributed by atoms with van der Waals surface area (Å²) in [6, 6.07) is 2.87. The Hall–Kier alpha value is -1.64. The monoisotopic (exact) mass is 346 g/mol. The molecule has 2 heterocycles. The average molecular weight is 347 g/mol. The average Bonchev–Trinajstić information content (AvgIpc) is 2.77. The molecule has 2 aromatic heterocycles. The van der Waals surface area contributed by atoms with Gasteiger partial charge in [0.05, 0.1) is 11.9 Å². The molecule has 0 amide bonds. The number of carbonyl (C=O) groups is 1. The predicted molar refractivity (Wildman–Crippen MR) is 80.8 cm³/mol. The maximum absolute atomic E-state index is 12.2. The zero-order chi connectivity index (χ0) is 15.8. The lowest BCUT2D eigenvalue weighted by Gasteiger charge is -2.07. The number of rotatable bonds is 4. The quantitative estimate of drug-likeness (QED) is 0.830. The summed E-state index contributed by atoms with van der Waals surface area (Å²) in [6.07, 6.45) is 1.30. The Labute approximate surface area is 130 Å². The number of aryl methyl sites for hydroxylation is 2. The second-order valence-electron chi connectivity index (χ2n) is 4.32. The van der Waals surface area contributed by atoms with Crippen LogP contribution in [0, 0.1) is 13.8 Å². The molecule has 0 bridgehead atoms. The van der Waals surface area contributed by atoms with Gasteiger partial charge in [-0.15, -0.1) is 11.3 Å². The van der Waals surface area contributed by atoms with E-state index in [1.54, 1.807) is 19.9 Å². The van der Waals surface area contributed by atoms with E-state index in [4.69, 9.17) is 16.7 Å². The van der Waals surface area contributed by atoms with Crippen LogP contribution in [0.2, 0.25) is 5.15 Å². The first-order chi connectivity index (χ1) is 9.70. The number of sulfonamides is 1. The zero-order valence-corrected chi connectivity index (χ0v) is 13.4. The highest BCUT2D eigenvalue weighted by Gasteiger charge is 2.22. The van der Waals surface area contributed by atoms with E-state index in [0.717, 1.165) is 0 Å². The van der Waals surface area contributed by atoms with Gasteiger partial charge in [-0.1, -0.05) is 11.6 Å². The van der Waals surface area contributed by atoms with Crippen LogP contribution in [0.4, 0.5) is 5.69 Å². The number of anilines is 1. The van der Waals surface area contributed by atoms with Gasteiger partial charge >= 0.3 is 5.97 Å². The van der Waals surface area contributed by atoms with Crippen LogP contribution in [-0.2, 0) is 10.0 Å². The maximum Gasteiger partial charge on any atom is 0.346 e. The third-order valence-corrected chi connectivity index (χ3v) is 6.10. The molecule has 0 saturated carbocycles. The largest absolute Gasteiger partial charge is 0.477 e. The van der Waals surface area contributed by atoms with E-state index in [9.17, 15) is 13.2 Å². The van der Waals surface area contributed by atoms with Crippen molar-refractivity contribution in [3.63, 3.8) is 0 Å². The van der Waals surface area contributed by atoms with Crippen molar-refractivity contribution in [1.82, 2.24) is 4.98 Å². The molecule has 0 aliphatic rings. The van der Waals surface area contributed by atoms with Gasteiger partial charge in [0.2, 0.25) is 0 Å². The Balaban J connectivity index is 2.36. The molecule has 0 fully saturated rings. The summed E-state index contributed by atoms with van der Waals surface area (Å²) in [6.45, 7) is 3.25. The van der Waals surface area contributed by atoms with Gasteiger partial charge in [0.15, 0.2) is 0 Å². The first kappa shape index (κ1) is 15.7. The Morgan fingerprint density at radius 2 is 2.00 bits per heavy atom. The van der Waals surface area contributed by atoms with E-state index in [0.29, 0.717) is 22.5 Å². The van der Waals surface area contributed by atoms with Crippen LogP contribution in [0.1, 0.15) is 20.8 Å². The van der Waals surface area contributed by atoms with Gasteiger partial charge in [-0.25, -0.2) is 18.2 Å². The van der Waals surface area contributed by atoms with Crippen LogP contribution in [0.15, 0.2) is 22.5 Å². The molecule has 0 aliphatic carbocycles. The Kier molecular flexibility index (Phi) is 4.22. The summed E-state index contributed by atoms with van der Waals surface area (Å²) in [5.74, 6) is -1.15. The van der Waals surface area contributed by atoms with Crippen molar-refractivity contribution in [3.05, 3.63) is 39.5 Å². The summed E-state index contributed by atoms with van der Waals surface area (Å²) in [7, 11) is -3.86. The van der Waals surface area contributed by atoms with Crippen LogP contribution < -0.4 is 4.72 Å². The van der Waals surface area contributed by atoms with E-state index >= 15 is 0 Å². The lowest BCUT2D eigenvalue weighted by Crippen LogP contribution is -2.11. The fraction of sp³-hybridized carbons (Fsp3) is 0.167. The van der Waals surface area contributed by atoms with Crippen molar-refractivity contribution in [1.29, 1.82) is 0 Å². The number of hydrogen-bond acceptors (Lipinski definition) is 5. The molecule has 112 valence electrons. The molecule has 9 heteroatoms. The molecule has 2 N–H and O–H groups in total. The minimum absolute atomic E-state index is 0.000728. The van der Waals surface area contributed by atoms with Crippen LogP contribution in [0.5, 0.6) is 0 Å². The first-order valence-electron chi connectivity index (χ1n) is 5.69. The molecular weight excluding hydrogens is 336 g/mol. The van der Waals surface area contributed by atoms with Crippen molar-refractivity contribution in [2.24, 2.45) is 0 Å². The number of pyridine rings is 1. The van der Waals surface area contributed by atoms with E-state index in [-0.39, 0.29) is 19.9 Å². The summed E-state index contributed by atoms with van der Waals surface area (Å²) in [5, 5.41) is 9.26. The Bertz CT molecular complexity index is 815. The summed E-state index contributed by atoms with van der Waals surface area (Å²) in [4.78, 5) is 14.8. The van der Waals surface area contributed by atoms with Gasteiger partial charge in [-0.05, 0) is 37.1 Å². The van der Waals surface area contributed by atoms with E-state index in [1.807, 2.05) is 0 Å². The first-order valence-corrected chi connectivity index (χ1v) is 8.37. The van der Waals surface area contributed by atoms with Crippen molar-refractivity contribution in [3.8, 4) is 0 Å². The number of aromatic carboxylic acids is 1. The molecule has 0 unspecified atom stereocenters. The van der Waals surface area contributed by atoms with E-state index in [2.05, 4.69) is 9.71 Å². The molecule has 2 rings (SSSR count). The number of nitrogens with zero attached hydrogens (tertiary/aromatic N) is 1. The maximum atomic E-state index is 12.2. The fourth-order valence-corrected chi connectivity index (χ4v) is 4.13. The van der Waals surface area contributed by atoms with Crippen LogP contribution >= 0.6 is 22.9 Å². The minimum atomic E-state index is -3.86. The molecular formula is C12H11ClN2O4S2. The summed E-state index contributed by atoms with van der Waals surface area (Å²) >= 11 is 6.48. The van der Waals surface area contributed by atoms with Gasteiger partial charge in [0.1, 0.15) is 14.2 Å². The SMILES string of the molecule is Cc1cc(NS(=O)(=O)c2cc(C)c(C(=O)O)s2)cnc1Cl. The van der Waals surface area contributed by atoms with Gasteiger partial charge in [0, 0.05) is 0 Å². The van der Waals surface area contributed by atoms with Gasteiger partial charge < -0.3 is 5.11 Å². The van der Waals surface area contributed by atoms with Crippen molar-refractivity contribution in [2.45, 2.75) is 18.1 Å². The second-order valence-corrected chi connectivity index (χ2v) is 7.64. The van der Waals surface area contributed by atoms with E-state index in [1.165, 1.54) is 12.3 Å². The second kappa shape index (κ2) is 5.63. The van der Waals surface area contributed by atoms with Gasteiger partial charge in [-0.2, -0.15) is 0 Å². The Morgan fingerprint density at radius 1 is 1.33 bits per heavy atom. The molecule has 6 nitrogen and oxygen atoms in total. The molecule has 0 atom stereocenters. The zero-order valence-electron chi connectivity index (χ0n) is 11.0. The molecule has 0 saturated heterocycles. The lowest BCUT2D eigenvalue weighted by atomic mass is 10.3. The number of aromatic nitrogens is 1. The molecule has 0 radical (unpaired) electrons. The number of carboxylic acid groups (broad SMARTS) is 1. The fourth-order valence-electron chi connectivity index (χ4n) is 1.62. The van der Waals surface area contributed by atoms with Crippen molar-refractivity contribution >= 4 is 44.6 Å². The van der Waals surface area contributed by atoms with E-state index < -0.39 is 16.0 Å². The third kappa shape index (κ3) is 3.34. The lowest BCUT2D eigenvalue weighted by molar-refractivity contribution is 0.0701. The van der Waals surface area contributed by atoms with Crippen LogP contribution in [0.3, 0.4) is 0 Å². The molecule has 2 aromatic rings. The molecule has 0 aromatic carbocycles. The summed E-state index contributed by atoms with van der Waals surface area (Å²) in [5.41, 5.74) is 1.29. The van der Waals surface area contributed by atoms with Crippen molar-refractivity contribution in [2.75, 3.05) is 4.72 Å². The highest BCUT2D eigenvalue weighted by molar-refractivity contribution is 7.94. The summed E-state index contributed by atoms with van der Waals surface area (Å²) < 4.78 is 26.7. The minimum Gasteiger partial charge on any atom is -0.477 e. The Morgan fingerprint density at radius 3 is 2.52 bits per heavy atom. The number of nitrogens with one attached hydrogen (secondary N) is 1. The van der Waals surface area contributed by atoms with Crippen molar-refractivity contribution < 1.29 is 18.3 Å². The topological polar surface area (TPSA) is 96.4 Å². The number of carboxylic acids is 1. The predicted octanol–water partition coefficient (Wildman–Crippen LogP) is 2.91. The number of hydrogen-bond donors (Lipinski definition) is 2. The van der Waals surface area contributed by atoms with Gasteiger partial charge in [0.25, 0.3) is 10.0 Å². The highest BCUT2D eigenvalue weighted by Crippen LogP contribution is 2.28. The number of halogens is 1. The molecule has 0 spiro atoms. The van der Waals surface area contributed by atoms with Crippen LogP contribution in [0.25, 0.3) is 0 Å². The van der Waals surface area contributed by atoms with Gasteiger partial charge in [-0.3, -0.25) is 4.72 Å². The standard InChI is InChI=1S/C12H11ClN2O4S2/c1-6-4-9(20-10(6)12(16)17)21(18,19)15-8-3-7(2)11(13)14-5-8/h3-5,15H,1-2H3,(H,16,17). The third-order valence-electron chi connectivity index (χ3n) is 2.62.